The highest BCUT2D eigenvalue weighted by atomic mass is 127. The van der Waals surface area contributed by atoms with E-state index >= 15 is 0 Å². The summed E-state index contributed by atoms with van der Waals surface area (Å²) in [6.07, 6.45) is 2.81. The molecule has 1 aromatic carbocycles. The van der Waals surface area contributed by atoms with Gasteiger partial charge in [-0.25, -0.2) is 0 Å². The monoisotopic (exact) mass is 533 g/mol. The summed E-state index contributed by atoms with van der Waals surface area (Å²) >= 11 is 6.15. The standard InChI is InChI=1S/C21H32ClN5O.HI/c1-2-23-21(24-14-20-15-27-8-4-7-19(27)16-28-20)26-11-9-25(10-12-26)18-6-3-5-17(22)13-18;/h3,5-6,13,19-20H,2,4,7-12,14-16H2,1H3,(H,23,24);1H. The number of nitrogens with zero attached hydrogens (tertiary/aromatic N) is 4. The van der Waals surface area contributed by atoms with Gasteiger partial charge in [0.05, 0.1) is 19.3 Å². The van der Waals surface area contributed by atoms with Crippen molar-refractivity contribution in [3.05, 3.63) is 29.3 Å². The average Bonchev–Trinajstić information content (AvgIpc) is 3.19. The Balaban J connectivity index is 0.00000240. The van der Waals surface area contributed by atoms with Gasteiger partial charge in [0.25, 0.3) is 0 Å². The van der Waals surface area contributed by atoms with Crippen LogP contribution in [0.3, 0.4) is 0 Å². The van der Waals surface area contributed by atoms with Gasteiger partial charge in [0.1, 0.15) is 0 Å². The van der Waals surface area contributed by atoms with Crippen molar-refractivity contribution < 1.29 is 4.74 Å². The Kier molecular flexibility index (Phi) is 8.70. The quantitative estimate of drug-likeness (QED) is 0.366. The number of guanidine groups is 1. The van der Waals surface area contributed by atoms with Crippen LogP contribution in [0.15, 0.2) is 29.3 Å². The third-order valence-electron chi connectivity index (χ3n) is 5.99. The molecule has 0 saturated carbocycles. The lowest BCUT2D eigenvalue weighted by atomic mass is 10.2. The highest BCUT2D eigenvalue weighted by Gasteiger charge is 2.32. The Hall–Kier alpha value is -0.770. The first kappa shape index (κ1) is 22.9. The average molecular weight is 534 g/mol. The second-order valence-corrected chi connectivity index (χ2v) is 8.33. The van der Waals surface area contributed by atoms with Gasteiger partial charge in [-0.05, 0) is 44.5 Å². The molecule has 6 nitrogen and oxygen atoms in total. The van der Waals surface area contributed by atoms with E-state index in [-0.39, 0.29) is 30.1 Å². The Morgan fingerprint density at radius 1 is 1.24 bits per heavy atom. The summed E-state index contributed by atoms with van der Waals surface area (Å²) in [6.45, 7) is 10.7. The second-order valence-electron chi connectivity index (χ2n) is 7.89. The van der Waals surface area contributed by atoms with Gasteiger partial charge in [-0.1, -0.05) is 17.7 Å². The fourth-order valence-corrected chi connectivity index (χ4v) is 4.64. The minimum Gasteiger partial charge on any atom is -0.373 e. The summed E-state index contributed by atoms with van der Waals surface area (Å²) in [5.41, 5.74) is 1.20. The van der Waals surface area contributed by atoms with Crippen LogP contribution >= 0.6 is 35.6 Å². The van der Waals surface area contributed by atoms with Crippen molar-refractivity contribution in [2.45, 2.75) is 31.9 Å². The van der Waals surface area contributed by atoms with Gasteiger partial charge in [-0.3, -0.25) is 9.89 Å². The molecule has 0 spiro atoms. The SMILES string of the molecule is CCNC(=NCC1CN2CCCC2CO1)N1CCN(c2cccc(Cl)c2)CC1.I. The molecule has 4 rings (SSSR count). The van der Waals surface area contributed by atoms with Crippen molar-refractivity contribution in [3.63, 3.8) is 0 Å². The van der Waals surface area contributed by atoms with Crippen LogP contribution in [0.4, 0.5) is 5.69 Å². The van der Waals surface area contributed by atoms with E-state index in [1.807, 2.05) is 18.2 Å². The summed E-state index contributed by atoms with van der Waals surface area (Å²) in [4.78, 5) is 12.3. The van der Waals surface area contributed by atoms with Crippen LogP contribution in [0.5, 0.6) is 0 Å². The van der Waals surface area contributed by atoms with E-state index in [0.29, 0.717) is 6.04 Å². The maximum Gasteiger partial charge on any atom is 0.194 e. The molecule has 3 aliphatic rings. The summed E-state index contributed by atoms with van der Waals surface area (Å²) in [5, 5.41) is 4.26. The largest absolute Gasteiger partial charge is 0.373 e. The Bertz CT molecular complexity index is 683. The first-order valence-electron chi connectivity index (χ1n) is 10.6. The predicted octanol–water partition coefficient (Wildman–Crippen LogP) is 2.91. The first-order chi connectivity index (χ1) is 13.7. The number of ether oxygens (including phenoxy) is 1. The molecule has 8 heteroatoms. The van der Waals surface area contributed by atoms with Gasteiger partial charge in [0.15, 0.2) is 5.96 Å². The number of nitrogens with one attached hydrogen (secondary N) is 1. The van der Waals surface area contributed by atoms with Gasteiger partial charge in [0.2, 0.25) is 0 Å². The van der Waals surface area contributed by atoms with E-state index < -0.39 is 0 Å². The summed E-state index contributed by atoms with van der Waals surface area (Å²) in [6, 6.07) is 8.77. The number of halogens is 2. The van der Waals surface area contributed by atoms with Crippen LogP contribution in [-0.2, 0) is 4.74 Å². The molecule has 0 aromatic heterocycles. The van der Waals surface area contributed by atoms with E-state index in [1.54, 1.807) is 0 Å². The summed E-state index contributed by atoms with van der Waals surface area (Å²) in [7, 11) is 0. The molecule has 0 aliphatic carbocycles. The zero-order valence-electron chi connectivity index (χ0n) is 17.2. The highest BCUT2D eigenvalue weighted by molar-refractivity contribution is 14.0. The fraction of sp³-hybridized carbons (Fsp3) is 0.667. The van der Waals surface area contributed by atoms with Crippen molar-refractivity contribution >= 4 is 47.2 Å². The van der Waals surface area contributed by atoms with Crippen LogP contribution in [0.1, 0.15) is 19.8 Å². The zero-order valence-corrected chi connectivity index (χ0v) is 20.3. The lowest BCUT2D eigenvalue weighted by Crippen LogP contribution is -2.53. The molecule has 3 saturated heterocycles. The van der Waals surface area contributed by atoms with E-state index in [9.17, 15) is 0 Å². The van der Waals surface area contributed by atoms with Gasteiger partial charge in [0, 0.05) is 56.0 Å². The van der Waals surface area contributed by atoms with E-state index in [0.717, 1.165) is 63.4 Å². The van der Waals surface area contributed by atoms with Crippen LogP contribution in [0.25, 0.3) is 0 Å². The third-order valence-corrected chi connectivity index (χ3v) is 6.23. The molecular formula is C21H33ClIN5O. The van der Waals surface area contributed by atoms with Crippen molar-refractivity contribution in [2.75, 3.05) is 63.9 Å². The fourth-order valence-electron chi connectivity index (χ4n) is 4.46. The molecule has 3 fully saturated rings. The minimum absolute atomic E-state index is 0. The number of aliphatic imine (C=N–C) groups is 1. The minimum atomic E-state index is 0. The number of piperazine rings is 1. The van der Waals surface area contributed by atoms with Crippen LogP contribution in [0, 0.1) is 0 Å². The lowest BCUT2D eigenvalue weighted by molar-refractivity contribution is -0.0432. The smallest absolute Gasteiger partial charge is 0.194 e. The molecule has 1 aromatic rings. The Morgan fingerprint density at radius 2 is 2.07 bits per heavy atom. The van der Waals surface area contributed by atoms with Gasteiger partial charge < -0.3 is 19.9 Å². The number of hydrogen-bond donors (Lipinski definition) is 1. The number of morpholine rings is 1. The number of anilines is 1. The van der Waals surface area contributed by atoms with E-state index in [4.69, 9.17) is 21.3 Å². The molecule has 0 bridgehead atoms. The molecule has 2 unspecified atom stereocenters. The number of benzene rings is 1. The molecule has 3 heterocycles. The van der Waals surface area contributed by atoms with E-state index in [1.165, 1.54) is 25.1 Å². The van der Waals surface area contributed by atoms with Crippen LogP contribution in [-0.4, -0.2) is 86.9 Å². The maximum absolute atomic E-state index is 6.15. The number of hydrogen-bond acceptors (Lipinski definition) is 4. The highest BCUT2D eigenvalue weighted by Crippen LogP contribution is 2.23. The van der Waals surface area contributed by atoms with Crippen molar-refractivity contribution in [1.29, 1.82) is 0 Å². The Labute approximate surface area is 196 Å². The molecule has 162 valence electrons. The van der Waals surface area contributed by atoms with Crippen molar-refractivity contribution in [2.24, 2.45) is 4.99 Å². The lowest BCUT2D eigenvalue weighted by Gasteiger charge is -2.38. The van der Waals surface area contributed by atoms with E-state index in [2.05, 4.69) is 33.0 Å². The first-order valence-corrected chi connectivity index (χ1v) is 11.0. The third kappa shape index (κ3) is 5.89. The Morgan fingerprint density at radius 3 is 2.83 bits per heavy atom. The van der Waals surface area contributed by atoms with Crippen molar-refractivity contribution in [1.82, 2.24) is 15.1 Å². The number of fused-ring (bicyclic) bond motifs is 1. The molecule has 1 N–H and O–H groups in total. The molecule has 0 radical (unpaired) electrons. The predicted molar refractivity (Wildman–Crippen MR) is 131 cm³/mol. The van der Waals surface area contributed by atoms with Gasteiger partial charge in [-0.15, -0.1) is 24.0 Å². The van der Waals surface area contributed by atoms with Gasteiger partial charge in [-0.2, -0.15) is 0 Å². The molecule has 0 amide bonds. The summed E-state index contributed by atoms with van der Waals surface area (Å²) < 4.78 is 6.08. The van der Waals surface area contributed by atoms with Gasteiger partial charge >= 0.3 is 0 Å². The molecule has 3 aliphatic heterocycles. The van der Waals surface area contributed by atoms with Crippen LogP contribution in [0.2, 0.25) is 5.02 Å². The normalized spacial score (nSPS) is 25.5. The van der Waals surface area contributed by atoms with Crippen LogP contribution < -0.4 is 10.2 Å². The molecule has 2 atom stereocenters. The zero-order chi connectivity index (χ0) is 19.3. The maximum atomic E-state index is 6.15. The topological polar surface area (TPSA) is 43.3 Å². The number of rotatable bonds is 4. The summed E-state index contributed by atoms with van der Waals surface area (Å²) in [5.74, 6) is 1.01. The van der Waals surface area contributed by atoms with Crippen molar-refractivity contribution in [3.8, 4) is 0 Å². The molecule has 29 heavy (non-hydrogen) atoms. The molecular weight excluding hydrogens is 501 g/mol. The second kappa shape index (κ2) is 11.0.